The molecule has 1 aromatic heterocycles. The maximum atomic E-state index is 6.53. The number of nitrogens with one attached hydrogen (secondary N) is 3. The summed E-state index contributed by atoms with van der Waals surface area (Å²) in [6.45, 7) is 9.59. The molecule has 0 bridgehead atoms. The summed E-state index contributed by atoms with van der Waals surface area (Å²) in [4.78, 5) is 14.2. The average molecular weight is 439 g/mol. The average Bonchev–Trinajstić information content (AvgIpc) is 2.85. The Morgan fingerprint density at radius 2 is 1.69 bits per heavy atom. The number of nitrogens with two attached hydrogens (primary N) is 1. The van der Waals surface area contributed by atoms with E-state index in [1.54, 1.807) is 7.11 Å². The van der Waals surface area contributed by atoms with Crippen LogP contribution in [-0.4, -0.2) is 87.4 Å². The third-order valence-electron chi connectivity index (χ3n) is 5.83. The minimum absolute atomic E-state index is 0.619. The number of hydrogen-bond donors (Lipinski definition) is 4. The number of hydrogen-bond acceptors (Lipinski definition) is 9. The Morgan fingerprint density at radius 1 is 1.00 bits per heavy atom. The molecule has 5 N–H and O–H groups in total. The van der Waals surface area contributed by atoms with Crippen molar-refractivity contribution in [3.8, 4) is 5.75 Å². The lowest BCUT2D eigenvalue weighted by Crippen LogP contribution is -2.45. The van der Waals surface area contributed by atoms with Crippen molar-refractivity contribution in [1.29, 1.82) is 0 Å². The molecule has 3 heterocycles. The van der Waals surface area contributed by atoms with Crippen LogP contribution in [0.25, 0.3) is 12.2 Å². The van der Waals surface area contributed by atoms with Gasteiger partial charge in [0, 0.05) is 65.4 Å². The first-order valence-electron chi connectivity index (χ1n) is 11.4. The summed E-state index contributed by atoms with van der Waals surface area (Å²) in [5.74, 6) is 3.00. The van der Waals surface area contributed by atoms with E-state index in [2.05, 4.69) is 25.8 Å². The number of anilines is 3. The predicted molar refractivity (Wildman–Crippen MR) is 131 cm³/mol. The van der Waals surface area contributed by atoms with Crippen molar-refractivity contribution in [3.05, 3.63) is 35.7 Å². The molecule has 32 heavy (non-hydrogen) atoms. The van der Waals surface area contributed by atoms with Crippen LogP contribution in [0.2, 0.25) is 0 Å². The van der Waals surface area contributed by atoms with Crippen LogP contribution in [0.15, 0.2) is 24.3 Å². The fourth-order valence-electron chi connectivity index (χ4n) is 3.95. The zero-order valence-electron chi connectivity index (χ0n) is 18.8. The van der Waals surface area contributed by atoms with E-state index in [0.717, 1.165) is 82.6 Å². The normalized spacial score (nSPS) is 17.6. The van der Waals surface area contributed by atoms with E-state index >= 15 is 0 Å². The first-order chi connectivity index (χ1) is 15.7. The minimum Gasteiger partial charge on any atom is -0.497 e. The van der Waals surface area contributed by atoms with Gasteiger partial charge >= 0.3 is 0 Å². The fraction of sp³-hybridized carbons (Fsp3) is 0.478. The SMILES string of the molecule is COc1ccc(/C=C/c2nc(NCCN3CCNCC3)c(N)c(N3CCNCC3)n2)cc1. The maximum absolute atomic E-state index is 6.53. The van der Waals surface area contributed by atoms with Crippen LogP contribution in [0.4, 0.5) is 17.3 Å². The smallest absolute Gasteiger partial charge is 0.158 e. The highest BCUT2D eigenvalue weighted by Gasteiger charge is 2.19. The van der Waals surface area contributed by atoms with Crippen LogP contribution in [0.5, 0.6) is 5.75 Å². The lowest BCUT2D eigenvalue weighted by molar-refractivity contribution is 0.249. The van der Waals surface area contributed by atoms with Crippen molar-refractivity contribution in [2.24, 2.45) is 0 Å². The largest absolute Gasteiger partial charge is 0.497 e. The zero-order valence-corrected chi connectivity index (χ0v) is 18.8. The van der Waals surface area contributed by atoms with Crippen LogP contribution in [0, 0.1) is 0 Å². The minimum atomic E-state index is 0.619. The van der Waals surface area contributed by atoms with Crippen LogP contribution < -0.4 is 31.3 Å². The van der Waals surface area contributed by atoms with Crippen molar-refractivity contribution in [1.82, 2.24) is 25.5 Å². The van der Waals surface area contributed by atoms with Gasteiger partial charge in [-0.25, -0.2) is 9.97 Å². The molecule has 0 radical (unpaired) electrons. The predicted octanol–water partition coefficient (Wildman–Crippen LogP) is 0.965. The molecule has 9 heteroatoms. The van der Waals surface area contributed by atoms with E-state index in [1.807, 2.05) is 36.4 Å². The molecule has 172 valence electrons. The number of nitrogens with zero attached hydrogens (tertiary/aromatic N) is 4. The molecule has 2 aromatic rings. The zero-order chi connectivity index (χ0) is 22.2. The Hall–Kier alpha value is -2.88. The molecule has 0 spiro atoms. The second-order valence-electron chi connectivity index (χ2n) is 8.03. The van der Waals surface area contributed by atoms with Gasteiger partial charge in [-0.2, -0.15) is 0 Å². The molecular weight excluding hydrogens is 404 g/mol. The van der Waals surface area contributed by atoms with Gasteiger partial charge in [0.25, 0.3) is 0 Å². The van der Waals surface area contributed by atoms with Crippen molar-refractivity contribution >= 4 is 29.5 Å². The van der Waals surface area contributed by atoms with Gasteiger partial charge in [0.15, 0.2) is 17.5 Å². The molecule has 2 aliphatic rings. The van der Waals surface area contributed by atoms with Crippen molar-refractivity contribution in [2.45, 2.75) is 0 Å². The standard InChI is InChI=1S/C23H34N8O/c1-32-19-5-2-18(3-6-19)4-7-20-28-22(27-12-15-30-13-8-25-9-14-30)21(24)23(29-20)31-16-10-26-11-17-31/h2-7,25-26H,8-17,24H2,1H3,(H,27,28,29)/b7-4+. The number of benzene rings is 1. The third-order valence-corrected chi connectivity index (χ3v) is 5.83. The number of ether oxygens (including phenoxy) is 1. The Labute approximate surface area is 190 Å². The van der Waals surface area contributed by atoms with Crippen LogP contribution in [-0.2, 0) is 0 Å². The monoisotopic (exact) mass is 438 g/mol. The summed E-state index contributed by atoms with van der Waals surface area (Å²) in [5, 5.41) is 10.2. The second kappa shape index (κ2) is 11.1. The molecule has 2 fully saturated rings. The van der Waals surface area contributed by atoms with Gasteiger partial charge in [-0.1, -0.05) is 18.2 Å². The number of aromatic nitrogens is 2. The number of piperazine rings is 2. The van der Waals surface area contributed by atoms with E-state index < -0.39 is 0 Å². The van der Waals surface area contributed by atoms with E-state index in [1.165, 1.54) is 0 Å². The van der Waals surface area contributed by atoms with Crippen molar-refractivity contribution in [2.75, 3.05) is 88.5 Å². The molecule has 1 aromatic carbocycles. The molecule has 9 nitrogen and oxygen atoms in total. The summed E-state index contributed by atoms with van der Waals surface area (Å²) < 4.78 is 5.24. The van der Waals surface area contributed by atoms with Crippen LogP contribution >= 0.6 is 0 Å². The lowest BCUT2D eigenvalue weighted by Gasteiger charge is -2.30. The molecule has 2 aliphatic heterocycles. The molecule has 2 saturated heterocycles. The van der Waals surface area contributed by atoms with E-state index in [9.17, 15) is 0 Å². The Bertz CT molecular complexity index is 890. The van der Waals surface area contributed by atoms with Gasteiger partial charge in [0.1, 0.15) is 11.4 Å². The van der Waals surface area contributed by atoms with Gasteiger partial charge in [-0.3, -0.25) is 4.90 Å². The lowest BCUT2D eigenvalue weighted by atomic mass is 10.2. The Balaban J connectivity index is 1.52. The first-order valence-corrected chi connectivity index (χ1v) is 11.4. The fourth-order valence-corrected chi connectivity index (χ4v) is 3.95. The van der Waals surface area contributed by atoms with Gasteiger partial charge in [0.2, 0.25) is 0 Å². The molecule has 0 unspecified atom stereocenters. The number of rotatable bonds is 8. The quantitative estimate of drug-likeness (QED) is 0.480. The highest BCUT2D eigenvalue weighted by molar-refractivity contribution is 5.78. The molecule has 0 amide bonds. The molecule has 0 aliphatic carbocycles. The number of methoxy groups -OCH3 is 1. The summed E-state index contributed by atoms with van der Waals surface area (Å²) in [5.41, 5.74) is 8.21. The van der Waals surface area contributed by atoms with Gasteiger partial charge in [-0.15, -0.1) is 0 Å². The number of nitrogen functional groups attached to an aromatic ring is 1. The summed E-state index contributed by atoms with van der Waals surface area (Å²) >= 11 is 0. The highest BCUT2D eigenvalue weighted by atomic mass is 16.5. The van der Waals surface area contributed by atoms with E-state index in [0.29, 0.717) is 17.3 Å². The second-order valence-corrected chi connectivity index (χ2v) is 8.03. The Kier molecular flexibility index (Phi) is 7.76. The maximum Gasteiger partial charge on any atom is 0.158 e. The van der Waals surface area contributed by atoms with Gasteiger partial charge in [0.05, 0.1) is 7.11 Å². The molecule has 4 rings (SSSR count). The van der Waals surface area contributed by atoms with Gasteiger partial charge < -0.3 is 31.3 Å². The topological polar surface area (TPSA) is 104 Å². The summed E-state index contributed by atoms with van der Waals surface area (Å²) in [6, 6.07) is 7.91. The van der Waals surface area contributed by atoms with Gasteiger partial charge in [-0.05, 0) is 23.8 Å². The summed E-state index contributed by atoms with van der Waals surface area (Å²) in [6.07, 6.45) is 3.95. The molecule has 0 saturated carbocycles. The first kappa shape index (κ1) is 22.3. The van der Waals surface area contributed by atoms with Crippen molar-refractivity contribution in [3.63, 3.8) is 0 Å². The Morgan fingerprint density at radius 3 is 2.38 bits per heavy atom. The van der Waals surface area contributed by atoms with Crippen LogP contribution in [0.1, 0.15) is 11.4 Å². The summed E-state index contributed by atoms with van der Waals surface area (Å²) in [7, 11) is 1.67. The van der Waals surface area contributed by atoms with Crippen LogP contribution in [0.3, 0.4) is 0 Å². The third kappa shape index (κ3) is 5.87. The van der Waals surface area contributed by atoms with Crippen molar-refractivity contribution < 1.29 is 4.74 Å². The van der Waals surface area contributed by atoms with E-state index in [-0.39, 0.29) is 0 Å². The highest BCUT2D eigenvalue weighted by Crippen LogP contribution is 2.28. The van der Waals surface area contributed by atoms with E-state index in [4.69, 9.17) is 20.4 Å². The molecular formula is C23H34N8O. The molecule has 0 atom stereocenters.